The Labute approximate surface area is 159 Å². The molecule has 1 heterocycles. The highest BCUT2D eigenvalue weighted by Crippen LogP contribution is 2.19. The summed E-state index contributed by atoms with van der Waals surface area (Å²) in [5, 5.41) is 9.72. The molecule has 0 aliphatic carbocycles. The summed E-state index contributed by atoms with van der Waals surface area (Å²) in [6.45, 7) is 3.96. The summed E-state index contributed by atoms with van der Waals surface area (Å²) in [6, 6.07) is 10.5. The van der Waals surface area contributed by atoms with E-state index in [1.54, 1.807) is 5.38 Å². The number of anilines is 3. The minimum atomic E-state index is -0.530. The summed E-state index contributed by atoms with van der Waals surface area (Å²) in [5.41, 5.74) is 3.54. The van der Waals surface area contributed by atoms with Crippen LogP contribution in [0, 0.1) is 19.7 Å². The first-order valence-corrected chi connectivity index (χ1v) is 8.96. The van der Waals surface area contributed by atoms with Crippen LogP contribution >= 0.6 is 11.3 Å². The van der Waals surface area contributed by atoms with Gasteiger partial charge < -0.3 is 10.6 Å². The topological polar surface area (TPSA) is 83.1 Å². The van der Waals surface area contributed by atoms with Gasteiger partial charge in [0.15, 0.2) is 5.13 Å². The molecule has 8 heteroatoms. The second-order valence-electron chi connectivity index (χ2n) is 5.88. The smallest absolute Gasteiger partial charge is 0.321 e. The zero-order valence-corrected chi connectivity index (χ0v) is 15.5. The van der Waals surface area contributed by atoms with Crippen molar-refractivity contribution in [3.05, 3.63) is 70.5 Å². The van der Waals surface area contributed by atoms with Gasteiger partial charge in [0.25, 0.3) is 5.91 Å². The average Bonchev–Trinajstić information content (AvgIpc) is 3.08. The first kappa shape index (κ1) is 18.5. The number of thiazole rings is 1. The molecule has 27 heavy (non-hydrogen) atoms. The zero-order chi connectivity index (χ0) is 19.4. The fourth-order valence-electron chi connectivity index (χ4n) is 2.24. The van der Waals surface area contributed by atoms with Gasteiger partial charge in [-0.25, -0.2) is 14.2 Å². The van der Waals surface area contributed by atoms with Gasteiger partial charge in [-0.1, -0.05) is 6.07 Å². The number of rotatable bonds is 4. The third-order valence-corrected chi connectivity index (χ3v) is 4.58. The molecule has 3 amide bonds. The Morgan fingerprint density at radius 1 is 0.926 bits per heavy atom. The Kier molecular flexibility index (Phi) is 5.46. The molecule has 0 spiro atoms. The summed E-state index contributed by atoms with van der Waals surface area (Å²) < 4.78 is 12.9. The van der Waals surface area contributed by atoms with E-state index in [2.05, 4.69) is 20.9 Å². The number of amides is 3. The minimum Gasteiger partial charge on any atom is -0.321 e. The van der Waals surface area contributed by atoms with E-state index in [4.69, 9.17) is 0 Å². The number of hydrogen-bond donors (Lipinski definition) is 3. The van der Waals surface area contributed by atoms with Crippen LogP contribution in [0.2, 0.25) is 0 Å². The van der Waals surface area contributed by atoms with Crippen LogP contribution < -0.4 is 16.0 Å². The molecular formula is C19H17FN4O2S. The number of nitrogens with zero attached hydrogens (tertiary/aromatic N) is 1. The molecule has 1 aromatic heterocycles. The van der Waals surface area contributed by atoms with Crippen molar-refractivity contribution in [2.45, 2.75) is 13.8 Å². The second kappa shape index (κ2) is 7.96. The van der Waals surface area contributed by atoms with E-state index in [0.29, 0.717) is 11.4 Å². The first-order chi connectivity index (χ1) is 12.9. The molecule has 0 atom stereocenters. The lowest BCUT2D eigenvalue weighted by Crippen LogP contribution is -2.19. The largest absolute Gasteiger partial charge is 0.325 e. The van der Waals surface area contributed by atoms with Crippen LogP contribution in [0.4, 0.5) is 25.7 Å². The maximum atomic E-state index is 12.9. The summed E-state index contributed by atoms with van der Waals surface area (Å²) >= 11 is 1.13. The fraction of sp³-hybridized carbons (Fsp3) is 0.105. The predicted octanol–water partition coefficient (Wildman–Crippen LogP) is 4.80. The molecule has 0 aliphatic heterocycles. The van der Waals surface area contributed by atoms with Crippen LogP contribution in [0.3, 0.4) is 0 Å². The number of urea groups is 1. The Bertz CT molecular complexity index is 986. The molecule has 0 unspecified atom stereocenters. The van der Waals surface area contributed by atoms with E-state index in [9.17, 15) is 14.0 Å². The lowest BCUT2D eigenvalue weighted by atomic mass is 10.1. The van der Waals surface area contributed by atoms with E-state index >= 15 is 0 Å². The molecule has 3 N–H and O–H groups in total. The van der Waals surface area contributed by atoms with Crippen molar-refractivity contribution in [3.63, 3.8) is 0 Å². The van der Waals surface area contributed by atoms with Gasteiger partial charge in [-0.05, 0) is 61.4 Å². The Balaban J connectivity index is 1.60. The van der Waals surface area contributed by atoms with Crippen LogP contribution in [-0.4, -0.2) is 16.9 Å². The lowest BCUT2D eigenvalue weighted by Gasteiger charge is -2.06. The molecular weight excluding hydrogens is 367 g/mol. The normalized spacial score (nSPS) is 10.3. The Morgan fingerprint density at radius 2 is 1.63 bits per heavy atom. The van der Waals surface area contributed by atoms with Crippen LogP contribution in [-0.2, 0) is 0 Å². The molecule has 2 aromatic carbocycles. The van der Waals surface area contributed by atoms with E-state index in [0.717, 1.165) is 22.5 Å². The van der Waals surface area contributed by atoms with Crippen molar-refractivity contribution in [1.82, 2.24) is 4.98 Å². The number of nitrogens with one attached hydrogen (secondary N) is 3. The predicted molar refractivity (Wildman–Crippen MR) is 105 cm³/mol. The van der Waals surface area contributed by atoms with Crippen LogP contribution in [0.1, 0.15) is 21.6 Å². The molecule has 0 saturated carbocycles. The van der Waals surface area contributed by atoms with E-state index in [1.165, 1.54) is 24.3 Å². The number of benzene rings is 2. The summed E-state index contributed by atoms with van der Waals surface area (Å²) in [7, 11) is 0. The third kappa shape index (κ3) is 4.89. The van der Waals surface area contributed by atoms with E-state index in [-0.39, 0.29) is 22.5 Å². The van der Waals surface area contributed by atoms with Crippen molar-refractivity contribution in [2.75, 3.05) is 16.0 Å². The number of aryl methyl sites for hydroxylation is 2. The summed E-state index contributed by atoms with van der Waals surface area (Å²) in [6.07, 6.45) is 0. The van der Waals surface area contributed by atoms with Gasteiger partial charge in [-0.15, -0.1) is 11.3 Å². The summed E-state index contributed by atoms with van der Waals surface area (Å²) in [4.78, 5) is 28.4. The monoisotopic (exact) mass is 384 g/mol. The number of carbonyl (C=O) groups is 2. The van der Waals surface area contributed by atoms with Crippen molar-refractivity contribution in [1.29, 1.82) is 0 Å². The van der Waals surface area contributed by atoms with Crippen molar-refractivity contribution < 1.29 is 14.0 Å². The average molecular weight is 384 g/mol. The quantitative estimate of drug-likeness (QED) is 0.604. The molecule has 0 radical (unpaired) electrons. The molecule has 0 saturated heterocycles. The Morgan fingerprint density at radius 3 is 2.33 bits per heavy atom. The van der Waals surface area contributed by atoms with Crippen LogP contribution in [0.5, 0.6) is 0 Å². The highest BCUT2D eigenvalue weighted by atomic mass is 32.1. The molecule has 138 valence electrons. The minimum absolute atomic E-state index is 0.204. The lowest BCUT2D eigenvalue weighted by molar-refractivity contribution is 0.102. The maximum absolute atomic E-state index is 12.9. The number of hydrogen-bond acceptors (Lipinski definition) is 4. The molecule has 6 nitrogen and oxygen atoms in total. The second-order valence-corrected chi connectivity index (χ2v) is 6.74. The van der Waals surface area contributed by atoms with Gasteiger partial charge >= 0.3 is 6.03 Å². The van der Waals surface area contributed by atoms with Crippen molar-refractivity contribution in [3.8, 4) is 0 Å². The fourth-order valence-corrected chi connectivity index (χ4v) is 2.93. The van der Waals surface area contributed by atoms with Gasteiger partial charge in [-0.2, -0.15) is 0 Å². The van der Waals surface area contributed by atoms with Crippen molar-refractivity contribution >= 4 is 39.8 Å². The molecule has 0 bridgehead atoms. The number of aromatic nitrogens is 1. The molecule has 3 rings (SSSR count). The number of halogens is 1. The van der Waals surface area contributed by atoms with Gasteiger partial charge in [0.05, 0.1) is 0 Å². The molecule has 0 fully saturated rings. The molecule has 3 aromatic rings. The summed E-state index contributed by atoms with van der Waals surface area (Å²) in [5.74, 6) is -0.748. The van der Waals surface area contributed by atoms with Gasteiger partial charge in [0.1, 0.15) is 11.5 Å². The van der Waals surface area contributed by atoms with Gasteiger partial charge in [-0.3, -0.25) is 10.1 Å². The highest BCUT2D eigenvalue weighted by Gasteiger charge is 2.13. The van der Waals surface area contributed by atoms with Gasteiger partial charge in [0.2, 0.25) is 0 Å². The van der Waals surface area contributed by atoms with Crippen LogP contribution in [0.15, 0.2) is 47.8 Å². The van der Waals surface area contributed by atoms with E-state index in [1.807, 2.05) is 32.0 Å². The maximum Gasteiger partial charge on any atom is 0.325 e. The van der Waals surface area contributed by atoms with Crippen LogP contribution in [0.25, 0.3) is 0 Å². The van der Waals surface area contributed by atoms with Gasteiger partial charge in [0, 0.05) is 16.8 Å². The SMILES string of the molecule is Cc1ccc(NC(=O)c2csc(NC(=O)Nc3ccc(F)cc3)n2)cc1C. The standard InChI is InChI=1S/C19H17FN4O2S/c1-11-3-6-15(9-12(11)2)21-17(25)16-10-27-19(23-16)24-18(26)22-14-7-4-13(20)5-8-14/h3-10H,1-2H3,(H,21,25)(H2,22,23,24,26). The van der Waals surface area contributed by atoms with Crippen molar-refractivity contribution in [2.24, 2.45) is 0 Å². The van der Waals surface area contributed by atoms with E-state index < -0.39 is 6.03 Å². The zero-order valence-electron chi connectivity index (χ0n) is 14.7. The Hall–Kier alpha value is -3.26. The third-order valence-electron chi connectivity index (χ3n) is 3.82. The highest BCUT2D eigenvalue weighted by molar-refractivity contribution is 7.14. The molecule has 0 aliphatic rings. The first-order valence-electron chi connectivity index (χ1n) is 8.08. The number of carbonyl (C=O) groups excluding carboxylic acids is 2.